The van der Waals surface area contributed by atoms with Crippen molar-refractivity contribution in [2.75, 3.05) is 18.4 Å². The van der Waals surface area contributed by atoms with E-state index < -0.39 is 0 Å². The summed E-state index contributed by atoms with van der Waals surface area (Å²) in [6.07, 6.45) is 9.37. The van der Waals surface area contributed by atoms with Crippen LogP contribution < -0.4 is 5.32 Å². The van der Waals surface area contributed by atoms with Gasteiger partial charge in [-0.3, -0.25) is 15.0 Å². The van der Waals surface area contributed by atoms with Gasteiger partial charge in [0.1, 0.15) is 11.5 Å². The van der Waals surface area contributed by atoms with Crippen molar-refractivity contribution in [3.63, 3.8) is 0 Å². The van der Waals surface area contributed by atoms with E-state index in [-0.39, 0.29) is 0 Å². The Kier molecular flexibility index (Phi) is 7.44. The number of hydrogen-bond acceptors (Lipinski definition) is 8. The number of pyridine rings is 2. The average Bonchev–Trinajstić information content (AvgIpc) is 3.58. The molecule has 2 N–H and O–H groups in total. The van der Waals surface area contributed by atoms with E-state index in [0.717, 1.165) is 71.8 Å². The zero-order chi connectivity index (χ0) is 30.0. The van der Waals surface area contributed by atoms with Crippen molar-refractivity contribution < 1.29 is 0 Å². The third-order valence-corrected chi connectivity index (χ3v) is 9.10. The summed E-state index contributed by atoms with van der Waals surface area (Å²) >= 11 is 0. The van der Waals surface area contributed by atoms with Gasteiger partial charge in [-0.25, -0.2) is 15.0 Å². The molecule has 9 nitrogen and oxygen atoms in total. The molecule has 1 saturated carbocycles. The molecule has 2 aliphatic rings. The van der Waals surface area contributed by atoms with Gasteiger partial charge in [-0.1, -0.05) is 60.7 Å². The molecule has 0 spiro atoms. The molecule has 0 unspecified atom stereocenters. The number of nitrogens with zero attached hydrogens (tertiary/aromatic N) is 7. The van der Waals surface area contributed by atoms with E-state index in [1.807, 2.05) is 30.5 Å². The molecule has 0 bridgehead atoms. The first kappa shape index (κ1) is 27.5. The van der Waals surface area contributed by atoms with Crippen LogP contribution in [0.2, 0.25) is 0 Å². The standard InChI is InChI=1S/C36H35N9/c1-2-7-25(8-3-1)30-21-28-22-38-36(39-29-9-6-10-29)42-33(28)40-32(30)26-14-12-24(13-15-26)23-45-19-16-27(17-20-45)34-41-35(44-43-34)31-11-4-5-18-37-31/h1-5,7-8,11-15,18,21-22,27,29H,6,9-10,16-17,19-20,23H2,(H,41,43,44)(H,38,39,40,42). The second kappa shape index (κ2) is 12.2. The number of likely N-dealkylation sites (tertiary alicyclic amines) is 1. The van der Waals surface area contributed by atoms with Crippen LogP contribution in [0, 0.1) is 0 Å². The van der Waals surface area contributed by atoms with Gasteiger partial charge in [0.15, 0.2) is 11.5 Å². The maximum Gasteiger partial charge on any atom is 0.224 e. The molecule has 2 fully saturated rings. The van der Waals surface area contributed by atoms with Crippen molar-refractivity contribution >= 4 is 17.0 Å². The Balaban J connectivity index is 0.982. The molecule has 0 atom stereocenters. The molecule has 4 aromatic heterocycles. The second-order valence-corrected chi connectivity index (χ2v) is 12.1. The van der Waals surface area contributed by atoms with Gasteiger partial charge in [0.25, 0.3) is 0 Å². The molecule has 6 aromatic rings. The Hall–Kier alpha value is -5.02. The van der Waals surface area contributed by atoms with Crippen LogP contribution in [0.15, 0.2) is 91.3 Å². The topological polar surface area (TPSA) is 108 Å². The Labute approximate surface area is 262 Å². The highest BCUT2D eigenvalue weighted by Gasteiger charge is 2.24. The van der Waals surface area contributed by atoms with Gasteiger partial charge in [0.2, 0.25) is 5.95 Å². The van der Waals surface area contributed by atoms with Gasteiger partial charge in [0, 0.05) is 47.4 Å². The average molecular weight is 594 g/mol. The molecule has 1 aliphatic heterocycles. The monoisotopic (exact) mass is 593 g/mol. The van der Waals surface area contributed by atoms with Crippen LogP contribution in [-0.2, 0) is 6.54 Å². The quantitative estimate of drug-likeness (QED) is 0.197. The van der Waals surface area contributed by atoms with Crippen LogP contribution >= 0.6 is 0 Å². The Morgan fingerprint density at radius 2 is 1.62 bits per heavy atom. The molecule has 9 heteroatoms. The van der Waals surface area contributed by atoms with E-state index in [4.69, 9.17) is 15.0 Å². The van der Waals surface area contributed by atoms with E-state index in [1.54, 1.807) is 6.20 Å². The van der Waals surface area contributed by atoms with E-state index in [1.165, 1.54) is 24.8 Å². The number of hydrogen-bond donors (Lipinski definition) is 2. The number of rotatable bonds is 8. The maximum atomic E-state index is 5.12. The molecular weight excluding hydrogens is 558 g/mol. The summed E-state index contributed by atoms with van der Waals surface area (Å²) in [6, 6.07) is 27.8. The highest BCUT2D eigenvalue weighted by Crippen LogP contribution is 2.34. The van der Waals surface area contributed by atoms with E-state index in [2.05, 4.69) is 85.0 Å². The van der Waals surface area contributed by atoms with Crippen LogP contribution in [0.5, 0.6) is 0 Å². The first-order chi connectivity index (χ1) is 22.2. The summed E-state index contributed by atoms with van der Waals surface area (Å²) in [5, 5.41) is 12.0. The lowest BCUT2D eigenvalue weighted by Gasteiger charge is -2.31. The van der Waals surface area contributed by atoms with Crippen molar-refractivity contribution in [1.82, 2.24) is 40.0 Å². The van der Waals surface area contributed by atoms with E-state index in [0.29, 0.717) is 29.4 Å². The summed E-state index contributed by atoms with van der Waals surface area (Å²) in [7, 11) is 0. The lowest BCUT2D eigenvalue weighted by molar-refractivity contribution is 0.202. The molecule has 224 valence electrons. The zero-order valence-corrected chi connectivity index (χ0v) is 25.1. The lowest BCUT2D eigenvalue weighted by Crippen LogP contribution is -2.32. The largest absolute Gasteiger partial charge is 0.351 e. The molecular formula is C36H35N9. The van der Waals surface area contributed by atoms with Gasteiger partial charge in [0.05, 0.1) is 5.69 Å². The minimum absolute atomic E-state index is 0.386. The normalized spacial score (nSPS) is 16.1. The second-order valence-electron chi connectivity index (χ2n) is 12.1. The number of nitrogens with one attached hydrogen (secondary N) is 2. The summed E-state index contributed by atoms with van der Waals surface area (Å²) in [5.74, 6) is 2.68. The number of piperidine rings is 1. The molecule has 5 heterocycles. The molecule has 1 aliphatic carbocycles. The fourth-order valence-corrected chi connectivity index (χ4v) is 6.28. The summed E-state index contributed by atoms with van der Waals surface area (Å²) in [4.78, 5) is 26.2. The van der Waals surface area contributed by atoms with Crippen LogP contribution in [0.3, 0.4) is 0 Å². The van der Waals surface area contributed by atoms with Gasteiger partial charge in [-0.15, -0.1) is 0 Å². The summed E-state index contributed by atoms with van der Waals surface area (Å²) in [5.41, 5.74) is 7.04. The van der Waals surface area contributed by atoms with Crippen molar-refractivity contribution in [3.8, 4) is 33.9 Å². The maximum absolute atomic E-state index is 5.12. The van der Waals surface area contributed by atoms with Crippen LogP contribution in [0.1, 0.15) is 49.4 Å². The fourth-order valence-electron chi connectivity index (χ4n) is 6.28. The first-order valence-electron chi connectivity index (χ1n) is 15.9. The summed E-state index contributed by atoms with van der Waals surface area (Å²) in [6.45, 7) is 2.96. The van der Waals surface area contributed by atoms with Crippen LogP contribution in [-0.4, -0.2) is 59.1 Å². The van der Waals surface area contributed by atoms with E-state index in [9.17, 15) is 0 Å². The summed E-state index contributed by atoms with van der Waals surface area (Å²) < 4.78 is 0. The number of H-pyrrole nitrogens is 1. The molecule has 45 heavy (non-hydrogen) atoms. The van der Waals surface area contributed by atoms with Crippen molar-refractivity contribution in [2.24, 2.45) is 0 Å². The number of anilines is 1. The minimum Gasteiger partial charge on any atom is -0.351 e. The smallest absolute Gasteiger partial charge is 0.224 e. The van der Waals surface area contributed by atoms with Crippen LogP contribution in [0.25, 0.3) is 44.9 Å². The Morgan fingerprint density at radius 3 is 2.38 bits per heavy atom. The lowest BCUT2D eigenvalue weighted by atomic mass is 9.93. The third kappa shape index (κ3) is 5.91. The molecule has 1 saturated heterocycles. The SMILES string of the molecule is c1ccc(-c2cc3cnc(NC4CCC4)nc3nc2-c2ccc(CN3CCC(c4nc(-c5ccccn5)n[nH]4)CC3)cc2)cc1. The number of fused-ring (bicyclic) bond motifs is 1. The Morgan fingerprint density at radius 1 is 0.800 bits per heavy atom. The van der Waals surface area contributed by atoms with Crippen molar-refractivity contribution in [3.05, 3.63) is 103 Å². The third-order valence-electron chi connectivity index (χ3n) is 9.10. The van der Waals surface area contributed by atoms with Crippen LogP contribution in [0.4, 0.5) is 5.95 Å². The molecule has 8 rings (SSSR count). The zero-order valence-electron chi connectivity index (χ0n) is 25.1. The predicted octanol–water partition coefficient (Wildman–Crippen LogP) is 6.88. The van der Waals surface area contributed by atoms with E-state index >= 15 is 0 Å². The Bertz CT molecular complexity index is 1890. The molecule has 0 amide bonds. The van der Waals surface area contributed by atoms with Gasteiger partial charge in [-0.05, 0) is 74.5 Å². The van der Waals surface area contributed by atoms with Crippen molar-refractivity contribution in [2.45, 2.75) is 50.6 Å². The first-order valence-corrected chi connectivity index (χ1v) is 15.9. The number of benzene rings is 2. The molecule has 2 aromatic carbocycles. The number of aromatic amines is 1. The number of aromatic nitrogens is 7. The minimum atomic E-state index is 0.386. The van der Waals surface area contributed by atoms with Crippen molar-refractivity contribution in [1.29, 1.82) is 0 Å². The molecule has 0 radical (unpaired) electrons. The van der Waals surface area contributed by atoms with Gasteiger partial charge in [-0.2, -0.15) is 10.1 Å². The highest BCUT2D eigenvalue weighted by atomic mass is 15.2. The highest BCUT2D eigenvalue weighted by molar-refractivity contribution is 5.90. The van der Waals surface area contributed by atoms with Gasteiger partial charge < -0.3 is 5.32 Å². The predicted molar refractivity (Wildman–Crippen MR) is 176 cm³/mol. The van der Waals surface area contributed by atoms with Gasteiger partial charge >= 0.3 is 0 Å². The fraction of sp³-hybridized carbons (Fsp3) is 0.278.